The lowest BCUT2D eigenvalue weighted by atomic mass is 9.91. The van der Waals surface area contributed by atoms with Gasteiger partial charge in [0.25, 0.3) is 0 Å². The second kappa shape index (κ2) is 21.6. The maximum absolute atomic E-state index is 10.5. The van der Waals surface area contributed by atoms with E-state index in [0.717, 1.165) is 40.6 Å². The van der Waals surface area contributed by atoms with Crippen molar-refractivity contribution in [1.29, 1.82) is 0 Å². The summed E-state index contributed by atoms with van der Waals surface area (Å²) in [6.45, 7) is 27.5. The molecule has 214 valence electrons. The Morgan fingerprint density at radius 3 is 2.37 bits per heavy atom. The van der Waals surface area contributed by atoms with E-state index in [1.165, 1.54) is 5.06 Å². The number of hydrogen-bond donors (Lipinski definition) is 3. The predicted molar refractivity (Wildman–Crippen MR) is 167 cm³/mol. The van der Waals surface area contributed by atoms with Gasteiger partial charge in [0.2, 0.25) is 0 Å². The summed E-state index contributed by atoms with van der Waals surface area (Å²) in [5.41, 5.74) is 3.75. The molecule has 1 heterocycles. The third-order valence-electron chi connectivity index (χ3n) is 5.61. The molecule has 3 atom stereocenters. The maximum Gasteiger partial charge on any atom is 0.0914 e. The summed E-state index contributed by atoms with van der Waals surface area (Å²) in [6.07, 6.45) is 11.5. The Bertz CT molecular complexity index is 886. The molecule has 0 aliphatic carbocycles. The van der Waals surface area contributed by atoms with Crippen molar-refractivity contribution >= 4 is 11.9 Å². The highest BCUT2D eigenvalue weighted by atomic mass is 32.2. The molecule has 1 unspecified atom stereocenters. The molecule has 2 rings (SSSR count). The number of nitrogens with zero attached hydrogens (tertiary/aromatic N) is 2. The van der Waals surface area contributed by atoms with Gasteiger partial charge in [0.05, 0.1) is 17.7 Å². The van der Waals surface area contributed by atoms with Crippen LogP contribution in [0, 0.1) is 4.91 Å². The van der Waals surface area contributed by atoms with Crippen LogP contribution in [0.2, 0.25) is 0 Å². The first-order valence-electron chi connectivity index (χ1n) is 13.2. The van der Waals surface area contributed by atoms with Crippen molar-refractivity contribution in [2.75, 3.05) is 13.1 Å². The van der Waals surface area contributed by atoms with E-state index in [4.69, 9.17) is 0 Å². The summed E-state index contributed by atoms with van der Waals surface area (Å²) in [6, 6.07) is 5.90. The molecule has 0 saturated heterocycles. The average Bonchev–Trinajstić information content (AvgIpc) is 3.06. The van der Waals surface area contributed by atoms with Gasteiger partial charge in [0.1, 0.15) is 0 Å². The summed E-state index contributed by atoms with van der Waals surface area (Å²) in [7, 11) is 0. The lowest BCUT2D eigenvalue weighted by Gasteiger charge is -2.28. The minimum absolute atomic E-state index is 0.0815. The summed E-state index contributed by atoms with van der Waals surface area (Å²) in [4.78, 5) is 9.57. The molecule has 1 aliphatic heterocycles. The molecule has 0 aromatic heterocycles. The lowest BCUT2D eigenvalue weighted by molar-refractivity contribution is -0.181. The highest BCUT2D eigenvalue weighted by molar-refractivity contribution is 7.98. The number of hydroxylamine groups is 2. The third-order valence-corrected chi connectivity index (χ3v) is 6.25. The van der Waals surface area contributed by atoms with Gasteiger partial charge in [-0.05, 0) is 63.3 Å². The number of hydrogen-bond acceptors (Lipinski definition) is 7. The van der Waals surface area contributed by atoms with Crippen molar-refractivity contribution in [3.05, 3.63) is 102 Å². The number of aliphatic hydroxyl groups is 1. The zero-order valence-electron chi connectivity index (χ0n) is 24.8. The number of fused-ring (bicyclic) bond motifs is 1. The summed E-state index contributed by atoms with van der Waals surface area (Å²) in [5, 5.41) is 25.8. The second-order valence-corrected chi connectivity index (χ2v) is 10.1. The first-order valence-corrected chi connectivity index (χ1v) is 14.0. The van der Waals surface area contributed by atoms with Crippen molar-refractivity contribution in [2.45, 2.75) is 84.7 Å². The molecular weight excluding hydrogens is 494 g/mol. The Morgan fingerprint density at radius 1 is 1.26 bits per heavy atom. The van der Waals surface area contributed by atoms with Gasteiger partial charge in [-0.3, -0.25) is 0 Å². The molecule has 0 amide bonds. The molecule has 0 spiro atoms. The monoisotopic (exact) mass is 545 g/mol. The van der Waals surface area contributed by atoms with Gasteiger partial charge in [0, 0.05) is 34.9 Å². The van der Waals surface area contributed by atoms with E-state index in [-0.39, 0.29) is 11.3 Å². The van der Waals surface area contributed by atoms with Crippen LogP contribution in [0.5, 0.6) is 0 Å². The van der Waals surface area contributed by atoms with Gasteiger partial charge in [-0.15, -0.1) is 18.1 Å². The fourth-order valence-electron chi connectivity index (χ4n) is 3.79. The normalized spacial score (nSPS) is 17.3. The molecule has 0 saturated carbocycles. The van der Waals surface area contributed by atoms with Crippen molar-refractivity contribution in [3.63, 3.8) is 0 Å². The highest BCUT2D eigenvalue weighted by Gasteiger charge is 2.41. The van der Waals surface area contributed by atoms with E-state index >= 15 is 0 Å². The number of rotatable bonds is 11. The van der Waals surface area contributed by atoms with Gasteiger partial charge >= 0.3 is 0 Å². The Hall–Kier alpha value is -2.29. The molecule has 0 radical (unpaired) electrons. The van der Waals surface area contributed by atoms with Crippen molar-refractivity contribution in [2.24, 2.45) is 4.58 Å². The van der Waals surface area contributed by atoms with Crippen LogP contribution in [0.1, 0.15) is 90.6 Å². The van der Waals surface area contributed by atoms with E-state index in [9.17, 15) is 15.2 Å². The van der Waals surface area contributed by atoms with Crippen LogP contribution in [0.25, 0.3) is 0 Å². The zero-order chi connectivity index (χ0) is 29.7. The van der Waals surface area contributed by atoms with Gasteiger partial charge in [-0.1, -0.05) is 82.0 Å². The summed E-state index contributed by atoms with van der Waals surface area (Å²) < 4.78 is 2.67. The molecule has 3 N–H and O–H groups in total. The molecule has 38 heavy (non-hydrogen) atoms. The minimum atomic E-state index is -0.594. The van der Waals surface area contributed by atoms with Gasteiger partial charge in [-0.25, -0.2) is 0 Å². The maximum atomic E-state index is 10.5. The van der Waals surface area contributed by atoms with Crippen LogP contribution >= 0.6 is 11.9 Å². The topological polar surface area (TPSA) is 85.2 Å². The number of aliphatic hydroxyl groups excluding tert-OH is 1. The van der Waals surface area contributed by atoms with Crippen molar-refractivity contribution in [1.82, 2.24) is 10.4 Å². The predicted octanol–water partition coefficient (Wildman–Crippen LogP) is 8.58. The van der Waals surface area contributed by atoms with Crippen LogP contribution in [0.3, 0.4) is 0 Å². The van der Waals surface area contributed by atoms with Crippen LogP contribution in [-0.2, 0) is 5.54 Å². The average molecular weight is 546 g/mol. The third kappa shape index (κ3) is 13.0. The van der Waals surface area contributed by atoms with Crippen molar-refractivity contribution in [3.8, 4) is 0 Å². The summed E-state index contributed by atoms with van der Waals surface area (Å²) in [5.74, 6) is 0. The number of benzene rings is 1. The SMILES string of the molecule is C=C/C=C(\C=C/C)CNC[C@H](O)c1ccc2c(c1)C(C)N(O)C2(C)C.C=CC.C=CC[C@H](C)SN=O.CC. The molecular formula is C31H51N3O3S. The van der Waals surface area contributed by atoms with E-state index in [1.54, 1.807) is 18.2 Å². The Balaban J connectivity index is 0. The molecule has 6 nitrogen and oxygen atoms in total. The molecule has 7 heteroatoms. The largest absolute Gasteiger partial charge is 0.387 e. The number of nitrogens with one attached hydrogen (secondary N) is 1. The van der Waals surface area contributed by atoms with Gasteiger partial charge in [0.15, 0.2) is 0 Å². The Labute approximate surface area is 236 Å². The van der Waals surface area contributed by atoms with Gasteiger partial charge in [-0.2, -0.15) is 5.06 Å². The van der Waals surface area contributed by atoms with Crippen LogP contribution in [0.15, 0.2) is 84.5 Å². The number of allylic oxidation sites excluding steroid dienone is 5. The van der Waals surface area contributed by atoms with E-state index < -0.39 is 11.6 Å². The number of nitroso groups, excluding NO2 is 1. The lowest BCUT2D eigenvalue weighted by Crippen LogP contribution is -2.33. The Kier molecular flexibility index (Phi) is 21.5. The van der Waals surface area contributed by atoms with Crippen molar-refractivity contribution < 1.29 is 10.3 Å². The smallest absolute Gasteiger partial charge is 0.0914 e. The highest BCUT2D eigenvalue weighted by Crippen LogP contribution is 2.44. The van der Waals surface area contributed by atoms with E-state index in [2.05, 4.69) is 29.6 Å². The quantitative estimate of drug-likeness (QED) is 0.112. The van der Waals surface area contributed by atoms with Crippen LogP contribution < -0.4 is 5.32 Å². The molecule has 1 aromatic rings. The second-order valence-electron chi connectivity index (χ2n) is 8.97. The van der Waals surface area contributed by atoms with E-state index in [0.29, 0.717) is 13.1 Å². The molecule has 0 fully saturated rings. The van der Waals surface area contributed by atoms with E-state index in [1.807, 2.05) is 91.8 Å². The Morgan fingerprint density at radius 2 is 1.87 bits per heavy atom. The minimum Gasteiger partial charge on any atom is -0.387 e. The molecule has 1 aliphatic rings. The molecule has 0 bridgehead atoms. The molecule has 1 aromatic carbocycles. The first kappa shape index (κ1) is 37.9. The fraction of sp³-hybridized carbons (Fsp3) is 0.484. The first-order chi connectivity index (χ1) is 18.0. The van der Waals surface area contributed by atoms with Crippen LogP contribution in [0.4, 0.5) is 0 Å². The zero-order valence-corrected chi connectivity index (χ0v) is 25.6. The van der Waals surface area contributed by atoms with Crippen LogP contribution in [-0.4, -0.2) is 33.7 Å². The standard InChI is InChI=1S/C21H30N2O2.C5H9NOS.C3H6.C2H6/c1-6-8-16(9-7-2)13-22-14-20(24)17-10-11-19-18(12-17)15(3)23(25)21(19,4)5;1-3-4-5(2)8-6-7;1-3-2;1-2/h6-12,15,20,22,24-25H,1,13-14H2,2-5H3;3,5H,1,4H2,2H3;3H,1H2,2H3;1-2H3/b9-7-,16-8+;;;/t15?,20-;5-;;/m00../s1. The van der Waals surface area contributed by atoms with Gasteiger partial charge < -0.3 is 15.6 Å². The summed E-state index contributed by atoms with van der Waals surface area (Å²) >= 11 is 1.05. The fourth-order valence-corrected chi connectivity index (χ4v) is 4.16.